The fourth-order valence-electron chi connectivity index (χ4n) is 7.76. The maximum absolute atomic E-state index is 14.5. The average Bonchev–Trinajstić information content (AvgIpc) is 3.66. The number of hydrogen-bond donors (Lipinski definition) is 0. The SMILES string of the molecule is Cc1ccc(C(F)(F)F)c(-c2nc(-n3c4ccccc4c4cc(-n5c6ccccc6c6ccccc65)ccc43)c3ccc4ccccc4c3n2)c1. The zero-order valence-electron chi connectivity index (χ0n) is 27.3. The lowest BCUT2D eigenvalue weighted by molar-refractivity contribution is -0.137. The van der Waals surface area contributed by atoms with Crippen LogP contribution in [0.2, 0.25) is 0 Å². The highest BCUT2D eigenvalue weighted by Gasteiger charge is 2.35. The Labute approximate surface area is 289 Å². The molecule has 10 rings (SSSR count). The number of alkyl halides is 3. The Morgan fingerprint density at radius 3 is 1.76 bits per heavy atom. The van der Waals surface area contributed by atoms with Gasteiger partial charge in [-0.25, -0.2) is 9.97 Å². The Morgan fingerprint density at radius 1 is 0.490 bits per heavy atom. The summed E-state index contributed by atoms with van der Waals surface area (Å²) in [6.45, 7) is 1.78. The summed E-state index contributed by atoms with van der Waals surface area (Å²) in [6.07, 6.45) is -4.59. The summed E-state index contributed by atoms with van der Waals surface area (Å²) in [4.78, 5) is 9.93. The lowest BCUT2D eigenvalue weighted by Crippen LogP contribution is -2.10. The molecular formula is C44H27F3N4. The van der Waals surface area contributed by atoms with Crippen molar-refractivity contribution >= 4 is 65.3 Å². The van der Waals surface area contributed by atoms with E-state index in [1.807, 2.05) is 54.6 Å². The third-order valence-electron chi connectivity index (χ3n) is 10.00. The highest BCUT2D eigenvalue weighted by Crippen LogP contribution is 2.41. The second kappa shape index (κ2) is 10.8. The molecule has 0 spiro atoms. The fraction of sp³-hybridized carbons (Fsp3) is 0.0455. The number of aryl methyl sites for hydroxylation is 1. The summed E-state index contributed by atoms with van der Waals surface area (Å²) in [7, 11) is 0. The van der Waals surface area contributed by atoms with Crippen molar-refractivity contribution in [1.82, 2.24) is 19.1 Å². The highest BCUT2D eigenvalue weighted by atomic mass is 19.4. The quantitative estimate of drug-likeness (QED) is 0.176. The Kier molecular flexibility index (Phi) is 6.21. The molecule has 244 valence electrons. The molecule has 7 aromatic carbocycles. The third-order valence-corrected chi connectivity index (χ3v) is 10.00. The lowest BCUT2D eigenvalue weighted by atomic mass is 10.0. The van der Waals surface area contributed by atoms with Crippen molar-refractivity contribution in [2.45, 2.75) is 13.1 Å². The molecule has 7 heteroatoms. The van der Waals surface area contributed by atoms with Gasteiger partial charge in [0.05, 0.1) is 33.1 Å². The van der Waals surface area contributed by atoms with Crippen LogP contribution in [-0.4, -0.2) is 19.1 Å². The largest absolute Gasteiger partial charge is 0.417 e. The summed E-state index contributed by atoms with van der Waals surface area (Å²) in [5, 5.41) is 6.90. The van der Waals surface area contributed by atoms with Gasteiger partial charge in [-0.15, -0.1) is 0 Å². The summed E-state index contributed by atoms with van der Waals surface area (Å²) in [5.41, 5.74) is 5.48. The highest BCUT2D eigenvalue weighted by molar-refractivity contribution is 6.14. The first-order valence-corrected chi connectivity index (χ1v) is 16.7. The van der Waals surface area contributed by atoms with E-state index in [9.17, 15) is 13.2 Å². The first-order valence-electron chi connectivity index (χ1n) is 16.7. The zero-order valence-corrected chi connectivity index (χ0v) is 27.3. The van der Waals surface area contributed by atoms with Crippen LogP contribution in [0.4, 0.5) is 13.2 Å². The molecule has 0 fully saturated rings. The molecule has 0 unspecified atom stereocenters. The van der Waals surface area contributed by atoms with Crippen LogP contribution in [0.1, 0.15) is 11.1 Å². The second-order valence-corrected chi connectivity index (χ2v) is 13.0. The lowest BCUT2D eigenvalue weighted by Gasteiger charge is -2.17. The molecule has 10 aromatic rings. The number of nitrogens with zero attached hydrogens (tertiary/aromatic N) is 4. The van der Waals surface area contributed by atoms with E-state index in [1.54, 1.807) is 6.92 Å². The van der Waals surface area contributed by atoms with Crippen molar-refractivity contribution in [3.63, 3.8) is 0 Å². The minimum atomic E-state index is -4.59. The van der Waals surface area contributed by atoms with Crippen LogP contribution in [-0.2, 0) is 6.18 Å². The maximum atomic E-state index is 14.5. The van der Waals surface area contributed by atoms with Crippen LogP contribution < -0.4 is 0 Å². The Morgan fingerprint density at radius 2 is 1.08 bits per heavy atom. The maximum Gasteiger partial charge on any atom is 0.417 e. The molecule has 0 N–H and O–H groups in total. The smallest absolute Gasteiger partial charge is 0.309 e. The summed E-state index contributed by atoms with van der Waals surface area (Å²) >= 11 is 0. The van der Waals surface area contributed by atoms with Crippen molar-refractivity contribution in [1.29, 1.82) is 0 Å². The summed E-state index contributed by atoms with van der Waals surface area (Å²) < 4.78 is 47.9. The zero-order chi connectivity index (χ0) is 34.4. The van der Waals surface area contributed by atoms with Crippen LogP contribution in [0.3, 0.4) is 0 Å². The first kappa shape index (κ1) is 29.4. The molecule has 0 aliphatic rings. The topological polar surface area (TPSA) is 35.6 Å². The minimum Gasteiger partial charge on any atom is -0.309 e. The Hall–Kier alpha value is -6.47. The van der Waals surface area contributed by atoms with Crippen molar-refractivity contribution in [3.8, 4) is 22.9 Å². The molecule has 3 aromatic heterocycles. The molecule has 0 aliphatic carbocycles. The standard InChI is InChI=1S/C44H27F3N4/c1-26-18-22-36(44(45,46)47)35(24-26)42-48-41-29-11-3-2-10-27(29)19-21-33(41)43(49-42)51-39-17-9-6-14-32(39)34-25-28(20-23-40(34)51)50-37-15-7-4-12-30(37)31-13-5-8-16-38(31)50/h2-25H,1H3. The van der Waals surface area contributed by atoms with Crippen LogP contribution in [0.5, 0.6) is 0 Å². The third kappa shape index (κ3) is 4.41. The predicted octanol–water partition coefficient (Wildman–Crippen LogP) is 12.0. The Bertz CT molecular complexity index is 2990. The molecular weight excluding hydrogens is 642 g/mol. The van der Waals surface area contributed by atoms with Gasteiger partial charge >= 0.3 is 6.18 Å². The summed E-state index contributed by atoms with van der Waals surface area (Å²) in [6, 6.07) is 47.3. The first-order chi connectivity index (χ1) is 24.8. The van der Waals surface area contributed by atoms with Gasteiger partial charge in [0.2, 0.25) is 0 Å². The fourth-order valence-corrected chi connectivity index (χ4v) is 7.76. The number of fused-ring (bicyclic) bond motifs is 9. The molecule has 0 aliphatic heterocycles. The van der Waals surface area contributed by atoms with Gasteiger partial charge in [0.1, 0.15) is 5.82 Å². The number of para-hydroxylation sites is 3. The van der Waals surface area contributed by atoms with Crippen LogP contribution in [0, 0.1) is 6.92 Å². The van der Waals surface area contributed by atoms with Gasteiger partial charge in [0, 0.05) is 43.6 Å². The molecule has 0 saturated heterocycles. The van der Waals surface area contributed by atoms with Gasteiger partial charge in [-0.1, -0.05) is 96.6 Å². The van der Waals surface area contributed by atoms with E-state index in [1.165, 1.54) is 22.9 Å². The van der Waals surface area contributed by atoms with E-state index in [2.05, 4.69) is 81.9 Å². The van der Waals surface area contributed by atoms with Gasteiger partial charge in [-0.2, -0.15) is 13.2 Å². The molecule has 4 nitrogen and oxygen atoms in total. The van der Waals surface area contributed by atoms with Gasteiger partial charge in [0.25, 0.3) is 0 Å². The summed E-state index contributed by atoms with van der Waals surface area (Å²) in [5.74, 6) is 0.545. The van der Waals surface area contributed by atoms with E-state index >= 15 is 0 Å². The van der Waals surface area contributed by atoms with E-state index in [0.717, 1.165) is 60.8 Å². The van der Waals surface area contributed by atoms with E-state index in [4.69, 9.17) is 9.97 Å². The second-order valence-electron chi connectivity index (χ2n) is 13.0. The van der Waals surface area contributed by atoms with Crippen LogP contribution in [0.15, 0.2) is 146 Å². The van der Waals surface area contributed by atoms with E-state index in [0.29, 0.717) is 16.9 Å². The minimum absolute atomic E-state index is 0.0257. The van der Waals surface area contributed by atoms with Crippen LogP contribution >= 0.6 is 0 Å². The van der Waals surface area contributed by atoms with Crippen molar-refractivity contribution < 1.29 is 13.2 Å². The molecule has 0 atom stereocenters. The average molecular weight is 669 g/mol. The predicted molar refractivity (Wildman–Crippen MR) is 201 cm³/mol. The molecule has 0 radical (unpaired) electrons. The van der Waals surface area contributed by atoms with Crippen molar-refractivity contribution in [2.75, 3.05) is 0 Å². The number of halogens is 3. The molecule has 3 heterocycles. The Balaban J connectivity index is 1.31. The monoisotopic (exact) mass is 668 g/mol. The van der Waals surface area contributed by atoms with Crippen molar-refractivity contribution in [2.24, 2.45) is 0 Å². The number of rotatable bonds is 3. The number of aromatic nitrogens is 4. The number of benzene rings is 7. The van der Waals surface area contributed by atoms with E-state index in [-0.39, 0.29) is 11.4 Å². The van der Waals surface area contributed by atoms with Crippen molar-refractivity contribution in [3.05, 3.63) is 157 Å². The van der Waals surface area contributed by atoms with Crippen LogP contribution in [0.25, 0.3) is 88.2 Å². The van der Waals surface area contributed by atoms with Gasteiger partial charge in [-0.05, 0) is 66.9 Å². The van der Waals surface area contributed by atoms with Gasteiger partial charge in [0.15, 0.2) is 5.82 Å². The molecule has 51 heavy (non-hydrogen) atoms. The van der Waals surface area contributed by atoms with E-state index < -0.39 is 11.7 Å². The van der Waals surface area contributed by atoms with Gasteiger partial charge < -0.3 is 4.57 Å². The van der Waals surface area contributed by atoms with Gasteiger partial charge in [-0.3, -0.25) is 4.57 Å². The molecule has 0 amide bonds. The molecule has 0 bridgehead atoms. The molecule has 0 saturated carbocycles. The number of hydrogen-bond acceptors (Lipinski definition) is 2. The normalized spacial score (nSPS) is 12.3.